The molecular formula is C21H17F3N4O. The highest BCUT2D eigenvalue weighted by atomic mass is 19.4. The molecule has 0 fully saturated rings. The van der Waals surface area contributed by atoms with Gasteiger partial charge in [-0.25, -0.2) is 4.98 Å². The molecule has 29 heavy (non-hydrogen) atoms. The number of pyridine rings is 1. The van der Waals surface area contributed by atoms with E-state index in [-0.39, 0.29) is 6.10 Å². The van der Waals surface area contributed by atoms with Gasteiger partial charge in [0, 0.05) is 23.5 Å². The number of ether oxygens (including phenoxy) is 1. The first kappa shape index (κ1) is 18.9. The van der Waals surface area contributed by atoms with Gasteiger partial charge < -0.3 is 4.74 Å². The number of rotatable bonds is 4. The Labute approximate surface area is 164 Å². The molecule has 148 valence electrons. The fraction of sp³-hybridized carbons (Fsp3) is 0.190. The maximum absolute atomic E-state index is 13.0. The SMILES string of the molecule is CC(C)Oc1cccc(-c2cn3c(-c4ccnc(C(F)(F)F)c4)cnc3cn2)c1. The molecule has 4 aromatic rings. The molecule has 0 spiro atoms. The number of alkyl halides is 3. The summed E-state index contributed by atoms with van der Waals surface area (Å²) in [6.45, 7) is 3.89. The molecule has 4 rings (SSSR count). The van der Waals surface area contributed by atoms with Crippen molar-refractivity contribution in [1.82, 2.24) is 19.4 Å². The third-order valence-corrected chi connectivity index (χ3v) is 4.24. The van der Waals surface area contributed by atoms with Crippen molar-refractivity contribution in [3.8, 4) is 28.3 Å². The molecule has 5 nitrogen and oxygen atoms in total. The predicted octanol–water partition coefficient (Wildman–Crippen LogP) is 5.26. The number of nitrogens with zero attached hydrogens (tertiary/aromatic N) is 4. The van der Waals surface area contributed by atoms with Gasteiger partial charge in [-0.15, -0.1) is 0 Å². The van der Waals surface area contributed by atoms with Crippen LogP contribution in [0.25, 0.3) is 28.2 Å². The average Bonchev–Trinajstić information content (AvgIpc) is 3.10. The molecule has 0 saturated heterocycles. The lowest BCUT2D eigenvalue weighted by Gasteiger charge is -2.11. The van der Waals surface area contributed by atoms with Gasteiger partial charge in [-0.05, 0) is 38.1 Å². The number of benzene rings is 1. The van der Waals surface area contributed by atoms with Gasteiger partial charge in [0.2, 0.25) is 0 Å². The summed E-state index contributed by atoms with van der Waals surface area (Å²) < 4.78 is 46.5. The van der Waals surface area contributed by atoms with E-state index in [0.29, 0.717) is 28.3 Å². The number of hydrogen-bond acceptors (Lipinski definition) is 4. The van der Waals surface area contributed by atoms with Crippen LogP contribution in [-0.2, 0) is 6.18 Å². The lowest BCUT2D eigenvalue weighted by Crippen LogP contribution is -2.07. The quantitative estimate of drug-likeness (QED) is 0.470. The largest absolute Gasteiger partial charge is 0.491 e. The van der Waals surface area contributed by atoms with Crippen LogP contribution in [0.4, 0.5) is 13.2 Å². The summed E-state index contributed by atoms with van der Waals surface area (Å²) in [6, 6.07) is 10.0. The lowest BCUT2D eigenvalue weighted by molar-refractivity contribution is -0.141. The van der Waals surface area contributed by atoms with Gasteiger partial charge in [0.25, 0.3) is 0 Å². The molecule has 0 atom stereocenters. The third kappa shape index (κ3) is 3.91. The Morgan fingerprint density at radius 2 is 1.79 bits per heavy atom. The molecule has 0 N–H and O–H groups in total. The van der Waals surface area contributed by atoms with E-state index in [1.54, 1.807) is 16.8 Å². The first-order valence-electron chi connectivity index (χ1n) is 8.95. The van der Waals surface area contributed by atoms with Crippen LogP contribution in [0.1, 0.15) is 19.5 Å². The number of hydrogen-bond donors (Lipinski definition) is 0. The minimum absolute atomic E-state index is 0.0375. The number of halogens is 3. The minimum atomic E-state index is -4.51. The van der Waals surface area contributed by atoms with Crippen LogP contribution in [-0.4, -0.2) is 25.5 Å². The van der Waals surface area contributed by atoms with Crippen molar-refractivity contribution in [2.45, 2.75) is 26.1 Å². The summed E-state index contributed by atoms with van der Waals surface area (Å²) >= 11 is 0. The fourth-order valence-electron chi connectivity index (χ4n) is 3.00. The molecule has 0 radical (unpaired) electrons. The molecule has 0 aliphatic rings. The Kier molecular flexibility index (Phi) is 4.70. The van der Waals surface area contributed by atoms with Crippen molar-refractivity contribution >= 4 is 5.65 Å². The topological polar surface area (TPSA) is 52.3 Å². The first-order chi connectivity index (χ1) is 13.8. The Bertz CT molecular complexity index is 1170. The number of fused-ring (bicyclic) bond motifs is 1. The molecule has 8 heteroatoms. The highest BCUT2D eigenvalue weighted by Gasteiger charge is 2.32. The van der Waals surface area contributed by atoms with Crippen LogP contribution in [0.3, 0.4) is 0 Å². The van der Waals surface area contributed by atoms with E-state index < -0.39 is 11.9 Å². The van der Waals surface area contributed by atoms with Crippen molar-refractivity contribution in [3.05, 3.63) is 66.9 Å². The Morgan fingerprint density at radius 1 is 0.966 bits per heavy atom. The average molecular weight is 398 g/mol. The zero-order chi connectivity index (χ0) is 20.6. The third-order valence-electron chi connectivity index (χ3n) is 4.24. The maximum atomic E-state index is 13.0. The van der Waals surface area contributed by atoms with Crippen molar-refractivity contribution in [1.29, 1.82) is 0 Å². The highest BCUT2D eigenvalue weighted by Crippen LogP contribution is 2.31. The van der Waals surface area contributed by atoms with E-state index >= 15 is 0 Å². The second-order valence-electron chi connectivity index (χ2n) is 6.77. The summed E-state index contributed by atoms with van der Waals surface area (Å²) in [6.07, 6.45) is 1.53. The van der Waals surface area contributed by atoms with E-state index in [1.807, 2.05) is 38.1 Å². The summed E-state index contributed by atoms with van der Waals surface area (Å²) in [5.41, 5.74) is 1.95. The molecule has 1 aromatic carbocycles. The van der Waals surface area contributed by atoms with Gasteiger partial charge in [-0.3, -0.25) is 14.4 Å². The zero-order valence-electron chi connectivity index (χ0n) is 15.7. The monoisotopic (exact) mass is 398 g/mol. The van der Waals surface area contributed by atoms with Crippen LogP contribution >= 0.6 is 0 Å². The summed E-state index contributed by atoms with van der Waals surface area (Å²) in [7, 11) is 0. The zero-order valence-corrected chi connectivity index (χ0v) is 15.7. The van der Waals surface area contributed by atoms with Crippen LogP contribution in [0.5, 0.6) is 5.75 Å². The van der Waals surface area contributed by atoms with Crippen molar-refractivity contribution in [3.63, 3.8) is 0 Å². The molecule has 3 aromatic heterocycles. The summed E-state index contributed by atoms with van der Waals surface area (Å²) in [5, 5.41) is 0. The number of aromatic nitrogens is 4. The van der Waals surface area contributed by atoms with Crippen LogP contribution in [0, 0.1) is 0 Å². The van der Waals surface area contributed by atoms with Crippen molar-refractivity contribution < 1.29 is 17.9 Å². The minimum Gasteiger partial charge on any atom is -0.491 e. The van der Waals surface area contributed by atoms with E-state index in [2.05, 4.69) is 15.0 Å². The highest BCUT2D eigenvalue weighted by molar-refractivity contribution is 5.67. The van der Waals surface area contributed by atoms with Gasteiger partial charge in [0.15, 0.2) is 5.65 Å². The molecule has 0 aliphatic carbocycles. The van der Waals surface area contributed by atoms with Crippen LogP contribution in [0.15, 0.2) is 61.2 Å². The maximum Gasteiger partial charge on any atom is 0.433 e. The van der Waals surface area contributed by atoms with Crippen LogP contribution < -0.4 is 4.74 Å². The van der Waals surface area contributed by atoms with E-state index in [0.717, 1.165) is 17.8 Å². The number of imidazole rings is 1. The molecule has 0 bridgehead atoms. The molecule has 0 amide bonds. The first-order valence-corrected chi connectivity index (χ1v) is 8.95. The standard InChI is InChI=1S/C21H17F3N4O/c1-13(2)29-16-5-3-4-14(8-16)17-12-28-18(10-27-20(28)11-26-17)15-6-7-25-19(9-15)21(22,23)24/h3-13H,1-2H3. The normalized spacial score (nSPS) is 11.9. The van der Waals surface area contributed by atoms with E-state index in [4.69, 9.17) is 4.74 Å². The van der Waals surface area contributed by atoms with Crippen molar-refractivity contribution in [2.75, 3.05) is 0 Å². The van der Waals surface area contributed by atoms with Gasteiger partial charge in [0.1, 0.15) is 11.4 Å². The lowest BCUT2D eigenvalue weighted by atomic mass is 10.1. The smallest absolute Gasteiger partial charge is 0.433 e. The van der Waals surface area contributed by atoms with Gasteiger partial charge in [-0.2, -0.15) is 13.2 Å². The molecule has 0 aliphatic heterocycles. The Balaban J connectivity index is 1.78. The van der Waals surface area contributed by atoms with Gasteiger partial charge in [0.05, 0.1) is 29.9 Å². The van der Waals surface area contributed by atoms with Gasteiger partial charge in [-0.1, -0.05) is 12.1 Å². The summed E-state index contributed by atoms with van der Waals surface area (Å²) in [5.74, 6) is 0.717. The van der Waals surface area contributed by atoms with E-state index in [1.165, 1.54) is 12.3 Å². The summed E-state index contributed by atoms with van der Waals surface area (Å²) in [4.78, 5) is 12.1. The van der Waals surface area contributed by atoms with Gasteiger partial charge >= 0.3 is 6.18 Å². The van der Waals surface area contributed by atoms with Crippen molar-refractivity contribution in [2.24, 2.45) is 0 Å². The molecule has 0 saturated carbocycles. The molecule has 0 unspecified atom stereocenters. The fourth-order valence-corrected chi connectivity index (χ4v) is 3.00. The van der Waals surface area contributed by atoms with E-state index in [9.17, 15) is 13.2 Å². The van der Waals surface area contributed by atoms with Crippen LogP contribution in [0.2, 0.25) is 0 Å². The Hall–Kier alpha value is -3.42. The molecule has 3 heterocycles. The second kappa shape index (κ2) is 7.20. The second-order valence-corrected chi connectivity index (χ2v) is 6.77. The molecular weight excluding hydrogens is 381 g/mol. The Morgan fingerprint density at radius 3 is 2.55 bits per heavy atom. The predicted molar refractivity (Wildman–Crippen MR) is 102 cm³/mol.